The minimum Gasteiger partial charge on any atom is -0.492 e. The highest BCUT2D eigenvalue weighted by Gasteiger charge is 2.22. The molecule has 8 nitrogen and oxygen atoms in total. The summed E-state index contributed by atoms with van der Waals surface area (Å²) in [5.74, 6) is 2.60. The van der Waals surface area contributed by atoms with Gasteiger partial charge in [0.1, 0.15) is 17.2 Å². The molecule has 0 saturated carbocycles. The maximum absolute atomic E-state index is 6.18. The van der Waals surface area contributed by atoms with Gasteiger partial charge in [-0.3, -0.25) is 4.90 Å². The maximum atomic E-state index is 6.18. The third-order valence-electron chi connectivity index (χ3n) is 5.04. The van der Waals surface area contributed by atoms with Crippen molar-refractivity contribution in [3.05, 3.63) is 29.2 Å². The van der Waals surface area contributed by atoms with E-state index in [-0.39, 0.29) is 5.28 Å². The minimum absolute atomic E-state index is 0.203. The van der Waals surface area contributed by atoms with E-state index in [1.807, 2.05) is 26.0 Å². The third kappa shape index (κ3) is 5.58. The van der Waals surface area contributed by atoms with E-state index in [1.54, 1.807) is 13.3 Å². The predicted octanol–water partition coefficient (Wildman–Crippen LogP) is 3.59. The van der Waals surface area contributed by atoms with Crippen molar-refractivity contribution in [1.29, 1.82) is 0 Å². The third-order valence-corrected chi connectivity index (χ3v) is 5.23. The van der Waals surface area contributed by atoms with Gasteiger partial charge in [-0.15, -0.1) is 0 Å². The largest absolute Gasteiger partial charge is 0.492 e. The molecule has 0 radical (unpaired) electrons. The molecular weight excluding hydrogens is 406 g/mol. The Bertz CT molecular complexity index is 816. The van der Waals surface area contributed by atoms with Crippen LogP contribution in [0.25, 0.3) is 0 Å². The van der Waals surface area contributed by atoms with Gasteiger partial charge in [-0.25, -0.2) is 4.98 Å². The van der Waals surface area contributed by atoms with E-state index in [2.05, 4.69) is 20.2 Å². The molecule has 1 aromatic carbocycles. The van der Waals surface area contributed by atoms with Crippen LogP contribution in [0.1, 0.15) is 32.3 Å². The van der Waals surface area contributed by atoms with Crippen molar-refractivity contribution in [2.24, 2.45) is 0 Å². The summed E-state index contributed by atoms with van der Waals surface area (Å²) in [6.45, 7) is 7.75. The molecule has 1 saturated heterocycles. The number of nitrogens with zero attached hydrogens (tertiary/aromatic N) is 3. The van der Waals surface area contributed by atoms with Gasteiger partial charge in [-0.1, -0.05) is 0 Å². The second kappa shape index (κ2) is 10.5. The Kier molecular flexibility index (Phi) is 7.81. The van der Waals surface area contributed by atoms with E-state index >= 15 is 0 Å². The molecule has 164 valence electrons. The Morgan fingerprint density at radius 1 is 1.13 bits per heavy atom. The number of hydrogen-bond acceptors (Lipinski definition) is 8. The van der Waals surface area contributed by atoms with Crippen LogP contribution in [0.5, 0.6) is 17.2 Å². The second-order valence-corrected chi connectivity index (χ2v) is 7.46. The first-order valence-corrected chi connectivity index (χ1v) is 10.6. The maximum Gasteiger partial charge on any atom is 0.224 e. The number of piperidine rings is 1. The van der Waals surface area contributed by atoms with Crippen molar-refractivity contribution in [2.75, 3.05) is 44.5 Å². The van der Waals surface area contributed by atoms with Gasteiger partial charge in [0.15, 0.2) is 11.6 Å². The smallest absolute Gasteiger partial charge is 0.224 e. The molecule has 0 bridgehead atoms. The molecule has 2 heterocycles. The van der Waals surface area contributed by atoms with E-state index in [1.165, 1.54) is 0 Å². The van der Waals surface area contributed by atoms with Crippen LogP contribution in [0.4, 0.5) is 11.5 Å². The monoisotopic (exact) mass is 435 g/mol. The van der Waals surface area contributed by atoms with Crippen LogP contribution in [-0.2, 0) is 6.54 Å². The molecule has 30 heavy (non-hydrogen) atoms. The van der Waals surface area contributed by atoms with Crippen LogP contribution in [-0.4, -0.2) is 54.3 Å². The molecule has 2 aromatic rings. The molecule has 3 N–H and O–H groups in total. The minimum atomic E-state index is 0.203. The molecule has 9 heteroatoms. The lowest BCUT2D eigenvalue weighted by Gasteiger charge is -2.33. The number of nitrogens with one attached hydrogen (secondary N) is 1. The number of ether oxygens (including phenoxy) is 3. The molecule has 0 amide bonds. The second-order valence-electron chi connectivity index (χ2n) is 7.12. The van der Waals surface area contributed by atoms with Gasteiger partial charge >= 0.3 is 0 Å². The van der Waals surface area contributed by atoms with Gasteiger partial charge in [-0.05, 0) is 56.0 Å². The van der Waals surface area contributed by atoms with Crippen molar-refractivity contribution >= 4 is 23.1 Å². The summed E-state index contributed by atoms with van der Waals surface area (Å²) in [4.78, 5) is 10.6. The molecular formula is C21H30ClN5O3. The summed E-state index contributed by atoms with van der Waals surface area (Å²) in [7, 11) is 1.60. The zero-order valence-corrected chi connectivity index (χ0v) is 18.5. The summed E-state index contributed by atoms with van der Waals surface area (Å²) in [6.07, 6.45) is 3.55. The summed E-state index contributed by atoms with van der Waals surface area (Å²) in [5.41, 5.74) is 7.87. The average molecular weight is 436 g/mol. The van der Waals surface area contributed by atoms with Crippen LogP contribution in [0.2, 0.25) is 5.28 Å². The van der Waals surface area contributed by atoms with Crippen molar-refractivity contribution < 1.29 is 14.2 Å². The number of aromatic nitrogens is 2. The van der Waals surface area contributed by atoms with Crippen molar-refractivity contribution in [3.8, 4) is 17.2 Å². The van der Waals surface area contributed by atoms with Gasteiger partial charge in [0, 0.05) is 25.7 Å². The highest BCUT2D eigenvalue weighted by molar-refractivity contribution is 6.28. The molecule has 0 unspecified atom stereocenters. The number of nitrogen functional groups attached to an aromatic ring is 1. The first-order chi connectivity index (χ1) is 14.5. The Balaban J connectivity index is 1.61. The Morgan fingerprint density at radius 2 is 1.77 bits per heavy atom. The molecule has 3 rings (SSSR count). The van der Waals surface area contributed by atoms with Crippen molar-refractivity contribution in [2.45, 2.75) is 39.3 Å². The first kappa shape index (κ1) is 22.2. The molecule has 1 aliphatic rings. The van der Waals surface area contributed by atoms with Crippen molar-refractivity contribution in [3.63, 3.8) is 0 Å². The van der Waals surface area contributed by atoms with Crippen LogP contribution in [0, 0.1) is 0 Å². The topological polar surface area (TPSA) is 94.8 Å². The normalized spacial score (nSPS) is 15.1. The Hall–Kier alpha value is -2.45. The van der Waals surface area contributed by atoms with Crippen LogP contribution in [0.15, 0.2) is 18.3 Å². The van der Waals surface area contributed by atoms with Crippen LogP contribution in [0.3, 0.4) is 0 Å². The van der Waals surface area contributed by atoms with Crippen LogP contribution < -0.4 is 25.3 Å². The highest BCUT2D eigenvalue weighted by Crippen LogP contribution is 2.34. The van der Waals surface area contributed by atoms with E-state index < -0.39 is 0 Å². The molecule has 1 aromatic heterocycles. The SMILES string of the molecule is CCOc1cc(CN2CCC(Nc3nc(Cl)ncc3OC)CC2)cc(OCC)c1N. The number of benzene rings is 1. The number of hydrogen-bond donors (Lipinski definition) is 2. The summed E-state index contributed by atoms with van der Waals surface area (Å²) >= 11 is 5.93. The number of rotatable bonds is 9. The summed E-state index contributed by atoms with van der Waals surface area (Å²) in [6, 6.07) is 4.32. The van der Waals surface area contributed by atoms with E-state index in [4.69, 9.17) is 31.5 Å². The lowest BCUT2D eigenvalue weighted by atomic mass is 10.0. The fraction of sp³-hybridized carbons (Fsp3) is 0.524. The number of likely N-dealkylation sites (tertiary alicyclic amines) is 1. The number of methoxy groups -OCH3 is 1. The number of nitrogens with two attached hydrogens (primary N) is 1. The summed E-state index contributed by atoms with van der Waals surface area (Å²) in [5, 5.41) is 3.64. The van der Waals surface area contributed by atoms with E-state index in [0.717, 1.165) is 38.0 Å². The van der Waals surface area contributed by atoms with E-state index in [0.29, 0.717) is 48.0 Å². The molecule has 1 fully saturated rings. The molecule has 0 aliphatic carbocycles. The Morgan fingerprint density at radius 3 is 2.33 bits per heavy atom. The summed E-state index contributed by atoms with van der Waals surface area (Å²) < 4.78 is 16.7. The van der Waals surface area contributed by atoms with Gasteiger partial charge in [0.25, 0.3) is 0 Å². The molecule has 0 atom stereocenters. The lowest BCUT2D eigenvalue weighted by Crippen LogP contribution is -2.38. The predicted molar refractivity (Wildman–Crippen MR) is 119 cm³/mol. The zero-order chi connectivity index (χ0) is 21.5. The highest BCUT2D eigenvalue weighted by atomic mass is 35.5. The van der Waals surface area contributed by atoms with E-state index in [9.17, 15) is 0 Å². The fourth-order valence-corrected chi connectivity index (χ4v) is 3.72. The lowest BCUT2D eigenvalue weighted by molar-refractivity contribution is 0.210. The van der Waals surface area contributed by atoms with Gasteiger partial charge < -0.3 is 25.3 Å². The number of halogens is 1. The first-order valence-electron chi connectivity index (χ1n) is 10.3. The quantitative estimate of drug-likeness (QED) is 0.455. The van der Waals surface area contributed by atoms with Crippen molar-refractivity contribution in [1.82, 2.24) is 14.9 Å². The molecule has 0 spiro atoms. The number of anilines is 2. The van der Waals surface area contributed by atoms with Crippen LogP contribution >= 0.6 is 11.6 Å². The van der Waals surface area contributed by atoms with Gasteiger partial charge in [0.2, 0.25) is 5.28 Å². The van der Waals surface area contributed by atoms with Gasteiger partial charge in [-0.2, -0.15) is 4.98 Å². The fourth-order valence-electron chi connectivity index (χ4n) is 3.59. The average Bonchev–Trinajstić information content (AvgIpc) is 2.73. The Labute approximate surface area is 182 Å². The molecule has 1 aliphatic heterocycles. The van der Waals surface area contributed by atoms with Gasteiger partial charge in [0.05, 0.1) is 26.5 Å². The zero-order valence-electron chi connectivity index (χ0n) is 17.8. The standard InChI is InChI=1S/C21H30ClN5O3/c1-4-29-16-10-14(11-17(19(16)23)30-5-2)13-27-8-6-15(7-9-27)25-20-18(28-3)12-24-21(22)26-20/h10-12,15H,4-9,13,23H2,1-3H3,(H,24,25,26).